The van der Waals surface area contributed by atoms with Crippen LogP contribution in [0.1, 0.15) is 63.2 Å². The quantitative estimate of drug-likeness (QED) is 0.703. The van der Waals surface area contributed by atoms with Crippen LogP contribution in [-0.2, 0) is 20.7 Å². The van der Waals surface area contributed by atoms with Gasteiger partial charge in [-0.1, -0.05) is 12.1 Å². The van der Waals surface area contributed by atoms with Crippen molar-refractivity contribution < 1.29 is 18.8 Å². The first-order valence-electron chi connectivity index (χ1n) is 9.55. The minimum absolute atomic E-state index is 0.0643. The Bertz CT molecular complexity index is 542. The van der Waals surface area contributed by atoms with E-state index < -0.39 is 0 Å². The maximum Gasteiger partial charge on any atom is 0.249 e. The molecule has 0 N–H and O–H groups in total. The maximum absolute atomic E-state index is 12.1. The molecule has 7 heteroatoms. The number of aromatic nitrogens is 2. The summed E-state index contributed by atoms with van der Waals surface area (Å²) in [5.74, 6) is 1.99. The van der Waals surface area contributed by atoms with E-state index in [0.717, 1.165) is 58.5 Å². The van der Waals surface area contributed by atoms with Crippen LogP contribution >= 0.6 is 0 Å². The average Bonchev–Trinajstić information content (AvgIpc) is 3.14. The smallest absolute Gasteiger partial charge is 0.249 e. The molecule has 1 atom stereocenters. The van der Waals surface area contributed by atoms with E-state index in [0.29, 0.717) is 37.1 Å². The highest BCUT2D eigenvalue weighted by Gasteiger charge is 2.31. The Labute approximate surface area is 149 Å². The molecule has 1 unspecified atom stereocenters. The van der Waals surface area contributed by atoms with E-state index >= 15 is 0 Å². The number of amides is 1. The van der Waals surface area contributed by atoms with E-state index in [4.69, 9.17) is 14.0 Å². The van der Waals surface area contributed by atoms with Gasteiger partial charge in [-0.25, -0.2) is 0 Å². The molecule has 7 nitrogen and oxygen atoms in total. The lowest BCUT2D eigenvalue weighted by atomic mass is 10.0. The van der Waals surface area contributed by atoms with Gasteiger partial charge in [-0.2, -0.15) is 4.98 Å². The number of carbonyl (C=O) groups is 1. The summed E-state index contributed by atoms with van der Waals surface area (Å²) in [6, 6.07) is -0.0643. The first-order valence-corrected chi connectivity index (χ1v) is 9.55. The van der Waals surface area contributed by atoms with Crippen molar-refractivity contribution in [2.24, 2.45) is 5.92 Å². The van der Waals surface area contributed by atoms with Crippen LogP contribution in [-0.4, -0.2) is 53.9 Å². The van der Waals surface area contributed by atoms with Gasteiger partial charge in [0.1, 0.15) is 6.04 Å². The van der Waals surface area contributed by atoms with Crippen molar-refractivity contribution in [3.05, 3.63) is 11.7 Å². The molecule has 2 aliphatic rings. The van der Waals surface area contributed by atoms with Gasteiger partial charge in [-0.3, -0.25) is 4.79 Å². The number of nitrogens with zero attached hydrogens (tertiary/aromatic N) is 3. The van der Waals surface area contributed by atoms with Crippen LogP contribution in [0.25, 0.3) is 0 Å². The molecule has 0 bridgehead atoms. The van der Waals surface area contributed by atoms with Gasteiger partial charge in [-0.05, 0) is 38.0 Å². The van der Waals surface area contributed by atoms with Crippen molar-refractivity contribution in [2.45, 2.75) is 57.9 Å². The number of carbonyl (C=O) groups excluding carboxylic acids is 1. The van der Waals surface area contributed by atoms with Gasteiger partial charge in [0.25, 0.3) is 0 Å². The Kier molecular flexibility index (Phi) is 6.81. The predicted molar refractivity (Wildman–Crippen MR) is 91.0 cm³/mol. The van der Waals surface area contributed by atoms with Crippen molar-refractivity contribution in [2.75, 3.05) is 33.0 Å². The fourth-order valence-corrected chi connectivity index (χ4v) is 3.52. The van der Waals surface area contributed by atoms with Crippen LogP contribution in [0.4, 0.5) is 0 Å². The Morgan fingerprint density at radius 3 is 2.92 bits per heavy atom. The second-order valence-electron chi connectivity index (χ2n) is 6.88. The zero-order chi connectivity index (χ0) is 17.5. The highest BCUT2D eigenvalue weighted by molar-refractivity contribution is 5.76. The number of hydrogen-bond acceptors (Lipinski definition) is 6. The summed E-state index contributed by atoms with van der Waals surface area (Å²) >= 11 is 0. The van der Waals surface area contributed by atoms with Crippen LogP contribution in [0, 0.1) is 5.92 Å². The van der Waals surface area contributed by atoms with E-state index in [-0.39, 0.29) is 11.9 Å². The molecule has 0 aromatic carbocycles. The van der Waals surface area contributed by atoms with Crippen LogP contribution in [0.15, 0.2) is 4.52 Å². The highest BCUT2D eigenvalue weighted by Crippen LogP contribution is 2.30. The topological polar surface area (TPSA) is 77.7 Å². The van der Waals surface area contributed by atoms with Crippen molar-refractivity contribution >= 4 is 5.91 Å². The summed E-state index contributed by atoms with van der Waals surface area (Å²) in [5.41, 5.74) is 0. The van der Waals surface area contributed by atoms with Gasteiger partial charge in [0, 0.05) is 39.2 Å². The standard InChI is InChI=1S/C18H29N3O4/c1-2-17(22)21-9-4-3-5-15(21)18-19-16(20-25-18)8-12-24-13-14-6-10-23-11-7-14/h14-15H,2-13H2,1H3. The molecule has 140 valence electrons. The molecule has 1 aromatic rings. The van der Waals surface area contributed by atoms with E-state index in [1.165, 1.54) is 0 Å². The van der Waals surface area contributed by atoms with Crippen molar-refractivity contribution in [3.63, 3.8) is 0 Å². The molecule has 2 fully saturated rings. The molecular formula is C18H29N3O4. The largest absolute Gasteiger partial charge is 0.381 e. The molecule has 2 aliphatic heterocycles. The molecule has 1 amide bonds. The lowest BCUT2D eigenvalue weighted by Gasteiger charge is -2.33. The minimum Gasteiger partial charge on any atom is -0.381 e. The zero-order valence-corrected chi connectivity index (χ0v) is 15.1. The van der Waals surface area contributed by atoms with Gasteiger partial charge in [-0.15, -0.1) is 0 Å². The third-order valence-electron chi connectivity index (χ3n) is 5.06. The van der Waals surface area contributed by atoms with Gasteiger partial charge < -0.3 is 18.9 Å². The monoisotopic (exact) mass is 351 g/mol. The summed E-state index contributed by atoms with van der Waals surface area (Å²) in [7, 11) is 0. The average molecular weight is 351 g/mol. The first kappa shape index (κ1) is 18.3. The Hall–Kier alpha value is -1.47. The van der Waals surface area contributed by atoms with E-state index in [2.05, 4.69) is 10.1 Å². The SMILES string of the molecule is CCC(=O)N1CCCCC1c1nc(CCOCC2CCOCC2)no1. The molecule has 1 aromatic heterocycles. The highest BCUT2D eigenvalue weighted by atomic mass is 16.5. The minimum atomic E-state index is -0.0643. The van der Waals surface area contributed by atoms with Crippen molar-refractivity contribution in [1.82, 2.24) is 15.0 Å². The molecule has 0 radical (unpaired) electrons. The van der Waals surface area contributed by atoms with Crippen LogP contribution < -0.4 is 0 Å². The summed E-state index contributed by atoms with van der Waals surface area (Å²) in [4.78, 5) is 18.5. The molecule has 3 heterocycles. The van der Waals surface area contributed by atoms with Gasteiger partial charge in [0.15, 0.2) is 5.82 Å². The van der Waals surface area contributed by atoms with Crippen LogP contribution in [0.2, 0.25) is 0 Å². The predicted octanol–water partition coefficient (Wildman–Crippen LogP) is 2.52. The molecule has 2 saturated heterocycles. The molecule has 0 aliphatic carbocycles. The van der Waals surface area contributed by atoms with Crippen LogP contribution in [0.3, 0.4) is 0 Å². The van der Waals surface area contributed by atoms with Crippen LogP contribution in [0.5, 0.6) is 0 Å². The third-order valence-corrected chi connectivity index (χ3v) is 5.06. The molecule has 25 heavy (non-hydrogen) atoms. The number of rotatable bonds is 7. The maximum atomic E-state index is 12.1. The number of piperidine rings is 1. The Morgan fingerprint density at radius 1 is 1.28 bits per heavy atom. The number of hydrogen-bond donors (Lipinski definition) is 0. The normalized spacial score (nSPS) is 22.3. The summed E-state index contributed by atoms with van der Waals surface area (Å²) in [6.45, 7) is 5.73. The second kappa shape index (κ2) is 9.29. The Balaban J connectivity index is 1.46. The lowest BCUT2D eigenvalue weighted by molar-refractivity contribution is -0.135. The molecule has 3 rings (SSSR count). The second-order valence-corrected chi connectivity index (χ2v) is 6.88. The van der Waals surface area contributed by atoms with Gasteiger partial charge in [0.05, 0.1) is 6.61 Å². The summed E-state index contributed by atoms with van der Waals surface area (Å²) < 4.78 is 16.6. The van der Waals surface area contributed by atoms with Crippen molar-refractivity contribution in [1.29, 1.82) is 0 Å². The number of likely N-dealkylation sites (tertiary alicyclic amines) is 1. The fourth-order valence-electron chi connectivity index (χ4n) is 3.52. The summed E-state index contributed by atoms with van der Waals surface area (Å²) in [5, 5.41) is 4.07. The van der Waals surface area contributed by atoms with E-state index in [1.807, 2.05) is 11.8 Å². The van der Waals surface area contributed by atoms with Gasteiger partial charge in [0.2, 0.25) is 11.8 Å². The molecule has 0 spiro atoms. The zero-order valence-electron chi connectivity index (χ0n) is 15.1. The lowest BCUT2D eigenvalue weighted by Crippen LogP contribution is -2.38. The Morgan fingerprint density at radius 2 is 2.12 bits per heavy atom. The fraction of sp³-hybridized carbons (Fsp3) is 0.833. The molecule has 0 saturated carbocycles. The third kappa shape index (κ3) is 5.01. The summed E-state index contributed by atoms with van der Waals surface area (Å²) in [6.07, 6.45) is 6.34. The molecular weight excluding hydrogens is 322 g/mol. The van der Waals surface area contributed by atoms with Gasteiger partial charge >= 0.3 is 0 Å². The first-order chi connectivity index (χ1) is 12.3. The number of ether oxygens (including phenoxy) is 2. The van der Waals surface area contributed by atoms with E-state index in [1.54, 1.807) is 0 Å². The van der Waals surface area contributed by atoms with E-state index in [9.17, 15) is 4.79 Å². The van der Waals surface area contributed by atoms with Crippen molar-refractivity contribution in [3.8, 4) is 0 Å².